The Morgan fingerprint density at radius 2 is 1.78 bits per heavy atom. The van der Waals surface area contributed by atoms with Crippen molar-refractivity contribution in [3.8, 4) is 33.9 Å². The summed E-state index contributed by atoms with van der Waals surface area (Å²) in [4.78, 5) is 57.1. The van der Waals surface area contributed by atoms with Gasteiger partial charge in [0.2, 0.25) is 5.91 Å². The largest absolute Gasteiger partial charge is 0.746 e. The maximum absolute atomic E-state index is 13.2. The normalized spacial score (nSPS) is 13.4. The molecule has 2 unspecified atom stereocenters. The van der Waals surface area contributed by atoms with Gasteiger partial charge in [-0.3, -0.25) is 18.9 Å². The topological polar surface area (TPSA) is 192 Å². The third-order valence-electron chi connectivity index (χ3n) is 6.32. The van der Waals surface area contributed by atoms with Gasteiger partial charge >= 0.3 is 7.82 Å². The Kier molecular flexibility index (Phi) is 7.34. The van der Waals surface area contributed by atoms with Crippen LogP contribution in [0.3, 0.4) is 0 Å². The molecule has 0 saturated carbocycles. The highest BCUT2D eigenvalue weighted by atomic mass is 31.2. The SMILES string of the molecule is NC(=O)C(Cc1ccc(OP(=O)([O-])O)cc1)NC(=O)c1cccc(-c2c3ccc(=O)cc-3oc3cc(O)ccc23)c1. The first kappa shape index (κ1) is 27.6. The summed E-state index contributed by atoms with van der Waals surface area (Å²) in [6, 6.07) is 20.1. The number of hydrogen-bond donors (Lipinski definition) is 4. The number of benzene rings is 4. The van der Waals surface area contributed by atoms with Gasteiger partial charge in [0.05, 0.1) is 0 Å². The van der Waals surface area contributed by atoms with Crippen LogP contribution in [-0.2, 0) is 15.8 Å². The number of rotatable bonds is 8. The van der Waals surface area contributed by atoms with Gasteiger partial charge in [0.15, 0.2) is 5.43 Å². The van der Waals surface area contributed by atoms with Crippen LogP contribution in [-0.4, -0.2) is 27.9 Å². The second kappa shape index (κ2) is 10.9. The fourth-order valence-corrected chi connectivity index (χ4v) is 4.89. The van der Waals surface area contributed by atoms with Gasteiger partial charge in [-0.25, -0.2) is 0 Å². The molecule has 2 amide bonds. The van der Waals surface area contributed by atoms with Crippen LogP contribution < -0.4 is 25.9 Å². The smallest absolute Gasteiger partial charge is 0.317 e. The van der Waals surface area contributed by atoms with E-state index in [1.807, 2.05) is 0 Å². The summed E-state index contributed by atoms with van der Waals surface area (Å²) in [5.41, 5.74) is 8.33. The van der Waals surface area contributed by atoms with Crippen LogP contribution in [0.4, 0.5) is 0 Å². The van der Waals surface area contributed by atoms with Crippen LogP contribution in [0.2, 0.25) is 0 Å². The Labute approximate surface area is 232 Å². The van der Waals surface area contributed by atoms with Gasteiger partial charge < -0.3 is 34.9 Å². The number of phosphoric ester groups is 1. The summed E-state index contributed by atoms with van der Waals surface area (Å²) < 4.78 is 21.2. The first-order chi connectivity index (χ1) is 19.5. The van der Waals surface area contributed by atoms with E-state index in [1.54, 1.807) is 36.4 Å². The van der Waals surface area contributed by atoms with Crippen molar-refractivity contribution in [3.63, 3.8) is 0 Å². The number of carbonyl (C=O) groups is 2. The minimum Gasteiger partial charge on any atom is -0.746 e. The van der Waals surface area contributed by atoms with Crippen molar-refractivity contribution < 1.29 is 38.0 Å². The highest BCUT2D eigenvalue weighted by Crippen LogP contribution is 2.40. The number of fused-ring (bicyclic) bond motifs is 2. The number of phenols is 1. The fraction of sp³-hybridized carbons (Fsp3) is 0.0690. The maximum atomic E-state index is 13.2. The second-order valence-corrected chi connectivity index (χ2v) is 10.4. The molecule has 1 aliphatic heterocycles. The lowest BCUT2D eigenvalue weighted by Gasteiger charge is -2.18. The third-order valence-corrected chi connectivity index (χ3v) is 6.76. The average Bonchev–Trinajstić information content (AvgIpc) is 2.91. The molecular formula is C29H22N2O9P-. The standard InChI is InChI=1S/C29H23N2O9P/c30-28(34)24(12-16-4-8-21(9-5-16)40-41(36,37)38)31-29(35)18-3-1-2-17(13-18)27-22-10-6-19(32)14-25(22)39-26-15-20(33)7-11-23(26)27/h1-11,13-15,24,32H,12H2,(H2,30,34)(H,31,35)(H2,36,37,38)/p-1. The predicted octanol–water partition coefficient (Wildman–Crippen LogP) is 2.94. The van der Waals surface area contributed by atoms with Gasteiger partial charge in [0, 0.05) is 40.6 Å². The summed E-state index contributed by atoms with van der Waals surface area (Å²) in [5.74, 6) is -1.19. The van der Waals surface area contributed by atoms with Crippen LogP contribution in [0.1, 0.15) is 15.9 Å². The zero-order valence-electron chi connectivity index (χ0n) is 21.1. The first-order valence-electron chi connectivity index (χ1n) is 12.2. The van der Waals surface area contributed by atoms with Crippen molar-refractivity contribution in [2.45, 2.75) is 12.5 Å². The Morgan fingerprint density at radius 3 is 2.49 bits per heavy atom. The molecule has 0 saturated heterocycles. The molecule has 208 valence electrons. The Bertz CT molecular complexity index is 1860. The summed E-state index contributed by atoms with van der Waals surface area (Å²) in [7, 11) is -4.97. The van der Waals surface area contributed by atoms with Gasteiger partial charge in [-0.1, -0.05) is 24.3 Å². The van der Waals surface area contributed by atoms with Crippen LogP contribution in [0.15, 0.2) is 94.1 Å². The van der Waals surface area contributed by atoms with E-state index < -0.39 is 25.7 Å². The maximum Gasteiger partial charge on any atom is 0.317 e. The van der Waals surface area contributed by atoms with E-state index >= 15 is 0 Å². The van der Waals surface area contributed by atoms with Crippen LogP contribution in [0.25, 0.3) is 33.4 Å². The lowest BCUT2D eigenvalue weighted by Crippen LogP contribution is -2.45. The number of phosphoric acid groups is 1. The van der Waals surface area contributed by atoms with E-state index in [2.05, 4.69) is 9.84 Å². The zero-order chi connectivity index (χ0) is 29.3. The van der Waals surface area contributed by atoms with E-state index in [-0.39, 0.29) is 28.9 Å². The number of amides is 2. The molecule has 1 heterocycles. The molecule has 5 N–H and O–H groups in total. The molecule has 0 fully saturated rings. The Balaban J connectivity index is 1.45. The molecular weight excluding hydrogens is 551 g/mol. The van der Waals surface area contributed by atoms with Crippen molar-refractivity contribution in [2.24, 2.45) is 5.73 Å². The quantitative estimate of drug-likeness (QED) is 0.160. The summed E-state index contributed by atoms with van der Waals surface area (Å²) in [6.45, 7) is 0. The number of nitrogens with one attached hydrogen (secondary N) is 1. The molecule has 5 rings (SSSR count). The molecule has 41 heavy (non-hydrogen) atoms. The molecule has 0 bridgehead atoms. The molecule has 0 aromatic heterocycles. The van der Waals surface area contributed by atoms with Crippen molar-refractivity contribution in [1.82, 2.24) is 5.32 Å². The van der Waals surface area contributed by atoms with E-state index in [4.69, 9.17) is 15.0 Å². The highest BCUT2D eigenvalue weighted by molar-refractivity contribution is 7.45. The molecule has 3 aromatic rings. The predicted molar refractivity (Wildman–Crippen MR) is 147 cm³/mol. The van der Waals surface area contributed by atoms with Crippen molar-refractivity contribution in [3.05, 3.63) is 106 Å². The molecule has 0 radical (unpaired) electrons. The number of aromatic hydroxyl groups is 1. The van der Waals surface area contributed by atoms with Gasteiger partial charge in [0.25, 0.3) is 5.91 Å². The fourth-order valence-electron chi connectivity index (χ4n) is 4.51. The number of primary amides is 1. The molecule has 0 spiro atoms. The Morgan fingerprint density at radius 1 is 1.02 bits per heavy atom. The van der Waals surface area contributed by atoms with E-state index in [1.165, 1.54) is 48.5 Å². The number of hydrogen-bond acceptors (Lipinski definition) is 8. The van der Waals surface area contributed by atoms with Gasteiger partial charge in [-0.15, -0.1) is 0 Å². The summed E-state index contributed by atoms with van der Waals surface area (Å²) in [5, 5.41) is 13.2. The number of nitrogens with two attached hydrogens (primary N) is 1. The zero-order valence-corrected chi connectivity index (χ0v) is 22.0. The van der Waals surface area contributed by atoms with Gasteiger partial charge in [0.1, 0.15) is 28.9 Å². The molecule has 2 aliphatic rings. The van der Waals surface area contributed by atoms with Crippen LogP contribution >= 0.6 is 7.82 Å². The minimum absolute atomic E-state index is 0.00565. The monoisotopic (exact) mass is 573 g/mol. The number of carbonyl (C=O) groups excluding carboxylic acids is 2. The van der Waals surface area contributed by atoms with Crippen LogP contribution in [0, 0.1) is 0 Å². The third kappa shape index (κ3) is 6.28. The van der Waals surface area contributed by atoms with Gasteiger partial charge in [-0.05, 0) is 59.7 Å². The van der Waals surface area contributed by atoms with E-state index in [0.717, 1.165) is 0 Å². The minimum atomic E-state index is -4.97. The Hall–Kier alpha value is -4.96. The van der Waals surface area contributed by atoms with Crippen LogP contribution in [0.5, 0.6) is 11.5 Å². The molecule has 3 aromatic carbocycles. The van der Waals surface area contributed by atoms with E-state index in [0.29, 0.717) is 39.0 Å². The number of phenolic OH excluding ortho intramolecular Hbond substituents is 1. The summed E-state index contributed by atoms with van der Waals surface area (Å²) >= 11 is 0. The molecule has 12 heteroatoms. The first-order valence-corrected chi connectivity index (χ1v) is 13.7. The highest BCUT2D eigenvalue weighted by Gasteiger charge is 2.22. The lowest BCUT2D eigenvalue weighted by atomic mass is 9.92. The molecule has 2 atom stereocenters. The lowest BCUT2D eigenvalue weighted by molar-refractivity contribution is -0.211. The second-order valence-electron chi connectivity index (χ2n) is 9.23. The van der Waals surface area contributed by atoms with E-state index in [9.17, 15) is 28.9 Å². The molecule has 1 aliphatic carbocycles. The molecule has 11 nitrogen and oxygen atoms in total. The summed E-state index contributed by atoms with van der Waals surface area (Å²) in [6.07, 6.45) is 0.00565. The van der Waals surface area contributed by atoms with Crippen molar-refractivity contribution in [2.75, 3.05) is 0 Å². The van der Waals surface area contributed by atoms with Crippen molar-refractivity contribution >= 4 is 30.6 Å². The average molecular weight is 573 g/mol. The van der Waals surface area contributed by atoms with Gasteiger partial charge in [-0.2, -0.15) is 0 Å². The van der Waals surface area contributed by atoms with Crippen molar-refractivity contribution in [1.29, 1.82) is 0 Å².